The summed E-state index contributed by atoms with van der Waals surface area (Å²) in [5, 5.41) is 0. The zero-order valence-electron chi connectivity index (χ0n) is 15.5. The molecule has 2 heterocycles. The fourth-order valence-corrected chi connectivity index (χ4v) is 5.39. The molecule has 0 unspecified atom stereocenters. The largest absolute Gasteiger partial charge is 0.465 e. The summed E-state index contributed by atoms with van der Waals surface area (Å²) in [6.07, 6.45) is 2.76. The lowest BCUT2D eigenvalue weighted by molar-refractivity contribution is 0.0600. The van der Waals surface area contributed by atoms with E-state index in [1.54, 1.807) is 17.4 Å². The van der Waals surface area contributed by atoms with E-state index in [9.17, 15) is 9.59 Å². The maximum Gasteiger partial charge on any atom is 0.337 e. The van der Waals surface area contributed by atoms with Gasteiger partial charge in [0.2, 0.25) is 0 Å². The minimum Gasteiger partial charge on any atom is -0.465 e. The van der Waals surface area contributed by atoms with E-state index in [2.05, 4.69) is 30.3 Å². The Kier molecular flexibility index (Phi) is 4.05. The van der Waals surface area contributed by atoms with E-state index in [4.69, 9.17) is 4.74 Å². The molecule has 1 amide bonds. The van der Waals surface area contributed by atoms with E-state index in [1.807, 2.05) is 17.0 Å². The third kappa shape index (κ3) is 2.66. The van der Waals surface area contributed by atoms with Crippen LogP contribution in [0.2, 0.25) is 0 Å². The molecule has 1 aromatic heterocycles. The minimum absolute atomic E-state index is 0.0430. The van der Waals surface area contributed by atoms with Crippen molar-refractivity contribution in [3.05, 3.63) is 75.7 Å². The number of fused-ring (bicyclic) bond motifs is 4. The summed E-state index contributed by atoms with van der Waals surface area (Å²) in [5.74, 6) is -0.307. The van der Waals surface area contributed by atoms with Crippen LogP contribution >= 0.6 is 11.3 Å². The zero-order chi connectivity index (χ0) is 19.3. The quantitative estimate of drug-likeness (QED) is 0.606. The van der Waals surface area contributed by atoms with Crippen LogP contribution in [0.3, 0.4) is 0 Å². The van der Waals surface area contributed by atoms with Crippen LogP contribution in [0, 0.1) is 0 Å². The Morgan fingerprint density at radius 3 is 2.64 bits per heavy atom. The number of ether oxygens (including phenoxy) is 1. The molecule has 0 saturated carbocycles. The number of aryl methyl sites for hydroxylation is 2. The van der Waals surface area contributed by atoms with E-state index in [1.165, 1.54) is 28.7 Å². The van der Waals surface area contributed by atoms with Crippen molar-refractivity contribution in [1.29, 1.82) is 0 Å². The molecule has 0 bridgehead atoms. The summed E-state index contributed by atoms with van der Waals surface area (Å²) >= 11 is 1.59. The number of hydrogen-bond donors (Lipinski definition) is 0. The van der Waals surface area contributed by atoms with Crippen molar-refractivity contribution in [2.45, 2.75) is 19.3 Å². The molecular formula is C23H19NO3S. The van der Waals surface area contributed by atoms with Gasteiger partial charge in [-0.05, 0) is 65.8 Å². The number of hydrogen-bond acceptors (Lipinski definition) is 4. The molecular weight excluding hydrogens is 370 g/mol. The van der Waals surface area contributed by atoms with Gasteiger partial charge in [-0.1, -0.05) is 24.3 Å². The van der Waals surface area contributed by atoms with Crippen molar-refractivity contribution in [1.82, 2.24) is 0 Å². The van der Waals surface area contributed by atoms with Crippen molar-refractivity contribution in [2.24, 2.45) is 0 Å². The van der Waals surface area contributed by atoms with Crippen LogP contribution in [0.25, 0.3) is 10.4 Å². The van der Waals surface area contributed by atoms with E-state index < -0.39 is 0 Å². The molecule has 0 saturated heterocycles. The van der Waals surface area contributed by atoms with Gasteiger partial charge in [0.15, 0.2) is 0 Å². The number of rotatable bonds is 2. The fraction of sp³-hybridized carbons (Fsp3) is 0.217. The normalized spacial score (nSPS) is 14.2. The Balaban J connectivity index is 1.47. The summed E-state index contributed by atoms with van der Waals surface area (Å²) in [6, 6.07) is 16.0. The Labute approximate surface area is 167 Å². The van der Waals surface area contributed by atoms with Gasteiger partial charge in [0.25, 0.3) is 5.91 Å². The lowest BCUT2D eigenvalue weighted by atomic mass is 9.91. The Bertz CT molecular complexity index is 1110. The maximum absolute atomic E-state index is 13.3. The van der Waals surface area contributed by atoms with Crippen LogP contribution in [0.1, 0.15) is 36.7 Å². The van der Waals surface area contributed by atoms with E-state index in [-0.39, 0.29) is 11.9 Å². The number of anilines is 1. The highest BCUT2D eigenvalue weighted by Gasteiger charge is 2.29. The standard InChI is InChI=1S/C23H19NO3S/c1-27-23(26)17-8-9-19-15(12-17)10-11-24(19)22(25)20-13-16-7-6-14-4-2-3-5-18(14)21(16)28-20/h2-5,8-9,12-13H,6-7,10-11H2,1H3. The zero-order valence-corrected chi connectivity index (χ0v) is 16.3. The molecule has 3 aromatic rings. The molecule has 1 aliphatic carbocycles. The second kappa shape index (κ2) is 6.60. The topological polar surface area (TPSA) is 46.6 Å². The van der Waals surface area contributed by atoms with Crippen molar-refractivity contribution in [2.75, 3.05) is 18.6 Å². The summed E-state index contributed by atoms with van der Waals surface area (Å²) < 4.78 is 4.80. The molecule has 1 aliphatic heterocycles. The number of thiophene rings is 1. The van der Waals surface area contributed by atoms with E-state index >= 15 is 0 Å². The first kappa shape index (κ1) is 17.2. The first-order chi connectivity index (χ1) is 13.7. The maximum atomic E-state index is 13.3. The molecule has 2 aliphatic rings. The third-order valence-corrected chi connectivity index (χ3v) is 6.79. The molecule has 0 fully saturated rings. The van der Waals surface area contributed by atoms with Crippen molar-refractivity contribution >= 4 is 28.9 Å². The van der Waals surface area contributed by atoms with Crippen LogP contribution in [0.4, 0.5) is 5.69 Å². The lowest BCUT2D eigenvalue weighted by Gasteiger charge is -2.16. The number of methoxy groups -OCH3 is 1. The molecule has 140 valence electrons. The SMILES string of the molecule is COC(=O)c1ccc2c(c1)CCN2C(=O)c1cc2c(s1)-c1ccccc1CC2. The van der Waals surface area contributed by atoms with Crippen LogP contribution in [0.5, 0.6) is 0 Å². The summed E-state index contributed by atoms with van der Waals surface area (Å²) in [5.41, 5.74) is 6.33. The van der Waals surface area contributed by atoms with Gasteiger partial charge in [0, 0.05) is 17.1 Å². The van der Waals surface area contributed by atoms with Gasteiger partial charge in [0.1, 0.15) is 0 Å². The van der Waals surface area contributed by atoms with Crippen LogP contribution in [-0.4, -0.2) is 25.5 Å². The Morgan fingerprint density at radius 1 is 0.964 bits per heavy atom. The predicted octanol–water partition coefficient (Wildman–Crippen LogP) is 4.50. The molecule has 0 spiro atoms. The summed E-state index contributed by atoms with van der Waals surface area (Å²) in [6.45, 7) is 0.637. The highest BCUT2D eigenvalue weighted by atomic mass is 32.1. The van der Waals surface area contributed by atoms with Crippen molar-refractivity contribution < 1.29 is 14.3 Å². The summed E-state index contributed by atoms with van der Waals surface area (Å²) in [7, 11) is 1.38. The van der Waals surface area contributed by atoms with Gasteiger partial charge in [-0.25, -0.2) is 4.79 Å². The Morgan fingerprint density at radius 2 is 1.79 bits per heavy atom. The molecule has 2 aromatic carbocycles. The number of amides is 1. The predicted molar refractivity (Wildman–Crippen MR) is 110 cm³/mol. The third-order valence-electron chi connectivity index (χ3n) is 5.59. The first-order valence-electron chi connectivity index (χ1n) is 9.40. The van der Waals surface area contributed by atoms with Crippen LogP contribution in [0.15, 0.2) is 48.5 Å². The second-order valence-corrected chi connectivity index (χ2v) is 8.22. The van der Waals surface area contributed by atoms with Gasteiger partial charge < -0.3 is 9.64 Å². The average molecular weight is 389 g/mol. The van der Waals surface area contributed by atoms with E-state index in [0.29, 0.717) is 12.1 Å². The number of carbonyl (C=O) groups is 2. The monoisotopic (exact) mass is 389 g/mol. The van der Waals surface area contributed by atoms with Gasteiger partial charge in [0.05, 0.1) is 17.6 Å². The number of carbonyl (C=O) groups excluding carboxylic acids is 2. The Hall–Kier alpha value is -2.92. The van der Waals surface area contributed by atoms with E-state index in [0.717, 1.165) is 35.4 Å². The first-order valence-corrected chi connectivity index (χ1v) is 10.2. The molecule has 5 heteroatoms. The van der Waals surface area contributed by atoms with Crippen LogP contribution < -0.4 is 4.90 Å². The van der Waals surface area contributed by atoms with Gasteiger partial charge in [-0.3, -0.25) is 4.79 Å². The lowest BCUT2D eigenvalue weighted by Crippen LogP contribution is -2.28. The number of esters is 1. The average Bonchev–Trinajstić information content (AvgIpc) is 3.36. The highest BCUT2D eigenvalue weighted by Crippen LogP contribution is 2.40. The number of nitrogens with zero attached hydrogens (tertiary/aromatic N) is 1. The van der Waals surface area contributed by atoms with Crippen molar-refractivity contribution in [3.8, 4) is 10.4 Å². The van der Waals surface area contributed by atoms with Gasteiger partial charge in [-0.2, -0.15) is 0 Å². The smallest absolute Gasteiger partial charge is 0.337 e. The fourth-order valence-electron chi connectivity index (χ4n) is 4.17. The number of benzene rings is 2. The molecule has 0 radical (unpaired) electrons. The van der Waals surface area contributed by atoms with Crippen molar-refractivity contribution in [3.63, 3.8) is 0 Å². The van der Waals surface area contributed by atoms with Gasteiger partial charge >= 0.3 is 5.97 Å². The molecule has 5 rings (SSSR count). The van der Waals surface area contributed by atoms with Crippen LogP contribution in [-0.2, 0) is 24.0 Å². The molecule has 0 N–H and O–H groups in total. The minimum atomic E-state index is -0.350. The molecule has 4 nitrogen and oxygen atoms in total. The second-order valence-electron chi connectivity index (χ2n) is 7.16. The molecule has 0 atom stereocenters. The summed E-state index contributed by atoms with van der Waals surface area (Å²) in [4.78, 5) is 28.9. The van der Waals surface area contributed by atoms with Gasteiger partial charge in [-0.15, -0.1) is 11.3 Å². The highest BCUT2D eigenvalue weighted by molar-refractivity contribution is 7.17. The molecule has 28 heavy (non-hydrogen) atoms.